The third kappa shape index (κ3) is 3.25. The minimum atomic E-state index is -0.304. The zero-order valence-electron chi connectivity index (χ0n) is 8.37. The van der Waals surface area contributed by atoms with Gasteiger partial charge >= 0.3 is 0 Å². The van der Waals surface area contributed by atoms with Crippen LogP contribution in [0.1, 0.15) is 19.3 Å². The number of carbonyl (C=O) groups is 1. The van der Waals surface area contributed by atoms with Crippen LogP contribution in [0, 0.1) is 0 Å². The highest BCUT2D eigenvalue weighted by Gasteiger charge is 2.29. The van der Waals surface area contributed by atoms with Crippen LogP contribution in [0.25, 0.3) is 0 Å². The molecule has 5 heteroatoms. The van der Waals surface area contributed by atoms with Gasteiger partial charge in [0.25, 0.3) is 0 Å². The molecule has 0 aliphatic carbocycles. The molecule has 1 amide bonds. The van der Waals surface area contributed by atoms with Gasteiger partial charge in [-0.1, -0.05) is 0 Å². The number of carbonyl (C=O) groups excluding carboxylic acids is 1. The van der Waals surface area contributed by atoms with E-state index in [0.29, 0.717) is 19.6 Å². The molecule has 2 unspecified atom stereocenters. The van der Waals surface area contributed by atoms with Crippen molar-refractivity contribution in [2.45, 2.75) is 31.5 Å². The Morgan fingerprint density at radius 2 is 2.21 bits per heavy atom. The third-order valence-electron chi connectivity index (χ3n) is 2.34. The van der Waals surface area contributed by atoms with Crippen LogP contribution in [0.4, 0.5) is 0 Å². The van der Waals surface area contributed by atoms with Gasteiger partial charge in [-0.25, -0.2) is 0 Å². The van der Waals surface area contributed by atoms with E-state index in [2.05, 4.69) is 5.32 Å². The lowest BCUT2D eigenvalue weighted by atomic mass is 10.2. The van der Waals surface area contributed by atoms with E-state index in [4.69, 9.17) is 16.2 Å². The van der Waals surface area contributed by atoms with Crippen molar-refractivity contribution < 1.29 is 9.53 Å². The number of ether oxygens (including phenoxy) is 1. The predicted octanol–water partition coefficient (Wildman–Crippen LogP) is -1.04. The fourth-order valence-corrected chi connectivity index (χ4v) is 1.50. The molecule has 0 bridgehead atoms. The van der Waals surface area contributed by atoms with Crippen LogP contribution in [-0.2, 0) is 9.53 Å². The Morgan fingerprint density at radius 3 is 2.79 bits per heavy atom. The maximum Gasteiger partial charge on any atom is 0.249 e. The van der Waals surface area contributed by atoms with Gasteiger partial charge in [0.05, 0.1) is 6.10 Å². The maximum absolute atomic E-state index is 11.5. The predicted molar refractivity (Wildman–Crippen MR) is 53.6 cm³/mol. The van der Waals surface area contributed by atoms with Gasteiger partial charge in [-0.2, -0.15) is 0 Å². The lowest BCUT2D eigenvalue weighted by molar-refractivity contribution is -0.131. The van der Waals surface area contributed by atoms with Gasteiger partial charge in [-0.15, -0.1) is 0 Å². The summed E-state index contributed by atoms with van der Waals surface area (Å²) >= 11 is 0. The quantitative estimate of drug-likeness (QED) is 0.495. The monoisotopic (exact) mass is 201 g/mol. The molecule has 1 saturated heterocycles. The Morgan fingerprint density at radius 1 is 1.43 bits per heavy atom. The van der Waals surface area contributed by atoms with Crippen molar-refractivity contribution in [3.63, 3.8) is 0 Å². The first-order chi connectivity index (χ1) is 6.77. The van der Waals surface area contributed by atoms with Crippen molar-refractivity contribution in [1.82, 2.24) is 5.32 Å². The summed E-state index contributed by atoms with van der Waals surface area (Å²) in [7, 11) is 0. The van der Waals surface area contributed by atoms with Gasteiger partial charge in [0.15, 0.2) is 0 Å². The van der Waals surface area contributed by atoms with Crippen molar-refractivity contribution in [2.24, 2.45) is 11.5 Å². The Bertz CT molecular complexity index is 187. The summed E-state index contributed by atoms with van der Waals surface area (Å²) in [4.78, 5) is 11.5. The maximum atomic E-state index is 11.5. The fourth-order valence-electron chi connectivity index (χ4n) is 1.50. The average molecular weight is 201 g/mol. The van der Waals surface area contributed by atoms with Crippen LogP contribution in [0.5, 0.6) is 0 Å². The summed E-state index contributed by atoms with van der Waals surface area (Å²) < 4.78 is 5.43. The summed E-state index contributed by atoms with van der Waals surface area (Å²) in [6, 6.07) is 0. The van der Waals surface area contributed by atoms with E-state index in [1.165, 1.54) is 0 Å². The Hall–Kier alpha value is -0.650. The molecule has 0 radical (unpaired) electrons. The number of nitrogens with two attached hydrogens (primary N) is 2. The third-order valence-corrected chi connectivity index (χ3v) is 2.34. The van der Waals surface area contributed by atoms with Crippen LogP contribution < -0.4 is 16.8 Å². The second-order valence-corrected chi connectivity index (χ2v) is 3.49. The largest absolute Gasteiger partial charge is 0.364 e. The van der Waals surface area contributed by atoms with Crippen LogP contribution in [0.2, 0.25) is 0 Å². The van der Waals surface area contributed by atoms with Gasteiger partial charge in [0, 0.05) is 13.1 Å². The molecule has 82 valence electrons. The first-order valence-corrected chi connectivity index (χ1v) is 5.11. The van der Waals surface area contributed by atoms with E-state index in [1.54, 1.807) is 0 Å². The molecule has 5 nitrogen and oxygen atoms in total. The molecule has 0 spiro atoms. The molecular formula is C9H19N3O2. The Kier molecular flexibility index (Phi) is 4.86. The standard InChI is InChI=1S/C9H19N3O2/c10-4-1-5-12-9(13)8-3-2-7(6-11)14-8/h7-8H,1-6,10-11H2,(H,12,13). The number of amides is 1. The molecule has 1 rings (SSSR count). The lowest BCUT2D eigenvalue weighted by Crippen LogP contribution is -2.36. The molecule has 1 heterocycles. The number of rotatable bonds is 5. The summed E-state index contributed by atoms with van der Waals surface area (Å²) in [6.45, 7) is 1.71. The molecule has 2 atom stereocenters. The molecule has 1 aliphatic heterocycles. The first kappa shape index (κ1) is 11.4. The first-order valence-electron chi connectivity index (χ1n) is 5.11. The lowest BCUT2D eigenvalue weighted by Gasteiger charge is -2.12. The van der Waals surface area contributed by atoms with E-state index in [9.17, 15) is 4.79 Å². The molecule has 1 fully saturated rings. The van der Waals surface area contributed by atoms with Crippen molar-refractivity contribution in [2.75, 3.05) is 19.6 Å². The zero-order valence-corrected chi connectivity index (χ0v) is 8.37. The number of hydrogen-bond acceptors (Lipinski definition) is 4. The highest BCUT2D eigenvalue weighted by Crippen LogP contribution is 2.18. The van der Waals surface area contributed by atoms with Gasteiger partial charge in [-0.3, -0.25) is 4.79 Å². The van der Waals surface area contributed by atoms with Crippen molar-refractivity contribution >= 4 is 5.91 Å². The second-order valence-electron chi connectivity index (χ2n) is 3.49. The topological polar surface area (TPSA) is 90.4 Å². The van der Waals surface area contributed by atoms with E-state index in [1.807, 2.05) is 0 Å². The summed E-state index contributed by atoms with van der Waals surface area (Å²) in [6.07, 6.45) is 2.21. The molecule has 0 aromatic heterocycles. The van der Waals surface area contributed by atoms with Gasteiger partial charge in [-0.05, 0) is 25.8 Å². The van der Waals surface area contributed by atoms with Gasteiger partial charge in [0.2, 0.25) is 5.91 Å². The average Bonchev–Trinajstić information content (AvgIpc) is 2.66. The summed E-state index contributed by atoms with van der Waals surface area (Å²) in [5, 5.41) is 2.79. The van der Waals surface area contributed by atoms with E-state index in [-0.39, 0.29) is 18.1 Å². The van der Waals surface area contributed by atoms with Crippen LogP contribution in [-0.4, -0.2) is 37.7 Å². The number of hydrogen-bond donors (Lipinski definition) is 3. The van der Waals surface area contributed by atoms with Crippen molar-refractivity contribution in [1.29, 1.82) is 0 Å². The summed E-state index contributed by atoms with van der Waals surface area (Å²) in [5.74, 6) is -0.0330. The smallest absolute Gasteiger partial charge is 0.249 e. The number of nitrogens with one attached hydrogen (secondary N) is 1. The van der Waals surface area contributed by atoms with Crippen LogP contribution in [0.15, 0.2) is 0 Å². The molecule has 5 N–H and O–H groups in total. The molecule has 0 saturated carbocycles. The van der Waals surface area contributed by atoms with Crippen LogP contribution in [0.3, 0.4) is 0 Å². The van der Waals surface area contributed by atoms with Gasteiger partial charge < -0.3 is 21.5 Å². The zero-order chi connectivity index (χ0) is 10.4. The SMILES string of the molecule is NCCCNC(=O)C1CCC(CN)O1. The Balaban J connectivity index is 2.18. The molecule has 14 heavy (non-hydrogen) atoms. The fraction of sp³-hybridized carbons (Fsp3) is 0.889. The van der Waals surface area contributed by atoms with E-state index < -0.39 is 0 Å². The molecule has 0 aromatic carbocycles. The second kappa shape index (κ2) is 5.95. The van der Waals surface area contributed by atoms with Crippen molar-refractivity contribution in [3.8, 4) is 0 Å². The minimum Gasteiger partial charge on any atom is -0.364 e. The highest BCUT2D eigenvalue weighted by molar-refractivity contribution is 5.80. The van der Waals surface area contributed by atoms with Gasteiger partial charge in [0.1, 0.15) is 6.10 Å². The summed E-state index contributed by atoms with van der Waals surface area (Å²) in [5.41, 5.74) is 10.8. The van der Waals surface area contributed by atoms with Crippen molar-refractivity contribution in [3.05, 3.63) is 0 Å². The molecule has 1 aliphatic rings. The minimum absolute atomic E-state index is 0.0330. The highest BCUT2D eigenvalue weighted by atomic mass is 16.5. The van der Waals surface area contributed by atoms with E-state index >= 15 is 0 Å². The molecular weight excluding hydrogens is 182 g/mol. The molecule has 0 aromatic rings. The Labute approximate surface area is 84.2 Å². The van der Waals surface area contributed by atoms with Crippen LogP contribution >= 0.6 is 0 Å². The normalized spacial score (nSPS) is 26.4. The van der Waals surface area contributed by atoms with E-state index in [0.717, 1.165) is 19.3 Å².